The zero-order chi connectivity index (χ0) is 24.9. The number of rotatable bonds is 13. The van der Waals surface area contributed by atoms with Crippen LogP contribution in [0.3, 0.4) is 0 Å². The van der Waals surface area contributed by atoms with E-state index >= 15 is 0 Å². The van der Waals surface area contributed by atoms with Gasteiger partial charge in [0, 0.05) is 5.56 Å². The molecule has 0 saturated carbocycles. The lowest BCUT2D eigenvalue weighted by molar-refractivity contribution is -0.141. The van der Waals surface area contributed by atoms with Gasteiger partial charge in [-0.05, 0) is 47.7 Å². The molecule has 0 heterocycles. The van der Waals surface area contributed by atoms with Crippen molar-refractivity contribution >= 4 is 11.7 Å². The van der Waals surface area contributed by atoms with Gasteiger partial charge in [-0.2, -0.15) is 0 Å². The molecule has 1 N–H and O–H groups in total. The van der Waals surface area contributed by atoms with E-state index in [4.69, 9.17) is 19.0 Å². The molecule has 35 heavy (non-hydrogen) atoms. The number of carbonyl (C=O) groups is 1. The van der Waals surface area contributed by atoms with Gasteiger partial charge in [-0.3, -0.25) is 15.1 Å². The Labute approximate surface area is 207 Å². The van der Waals surface area contributed by atoms with Gasteiger partial charge in [0.2, 0.25) is 0 Å². The van der Waals surface area contributed by atoms with Crippen LogP contribution in [0.1, 0.15) is 48.8 Å². The highest BCUT2D eigenvalue weighted by Crippen LogP contribution is 2.27. The summed E-state index contributed by atoms with van der Waals surface area (Å²) < 4.78 is 16.6. The second-order valence-electron chi connectivity index (χ2n) is 8.09. The number of nitrogens with one attached hydrogen (secondary N) is 1. The first-order chi connectivity index (χ1) is 17.1. The van der Waals surface area contributed by atoms with Crippen molar-refractivity contribution in [3.05, 3.63) is 102 Å². The van der Waals surface area contributed by atoms with Crippen molar-refractivity contribution in [2.45, 2.75) is 38.7 Å². The molecular formula is C29H33NO5. The molecule has 6 heteroatoms. The minimum atomic E-state index is -0.182. The minimum Gasteiger partial charge on any atom is -0.489 e. The van der Waals surface area contributed by atoms with E-state index < -0.39 is 0 Å². The molecule has 0 radical (unpaired) electrons. The number of hydrogen-bond donors (Lipinski definition) is 1. The summed E-state index contributed by atoms with van der Waals surface area (Å²) in [5, 5.41) is 0. The molecule has 0 aliphatic heterocycles. The topological polar surface area (TPSA) is 66.0 Å². The molecular weight excluding hydrogens is 442 g/mol. The van der Waals surface area contributed by atoms with Crippen molar-refractivity contribution in [1.29, 1.82) is 0 Å². The summed E-state index contributed by atoms with van der Waals surface area (Å²) in [5.41, 5.74) is 6.66. The molecule has 0 amide bonds. The van der Waals surface area contributed by atoms with Gasteiger partial charge in [-0.1, -0.05) is 67.9 Å². The first kappa shape index (κ1) is 25.8. The van der Waals surface area contributed by atoms with Crippen molar-refractivity contribution in [2.24, 2.45) is 0 Å². The lowest BCUT2D eigenvalue weighted by Gasteiger charge is -2.16. The molecule has 3 aromatic carbocycles. The quantitative estimate of drug-likeness (QED) is 0.179. The van der Waals surface area contributed by atoms with Crippen LogP contribution in [0.2, 0.25) is 0 Å². The summed E-state index contributed by atoms with van der Waals surface area (Å²) in [6.45, 7) is 2.56. The third-order valence-electron chi connectivity index (χ3n) is 5.57. The molecule has 6 nitrogen and oxygen atoms in total. The van der Waals surface area contributed by atoms with E-state index in [1.807, 2.05) is 78.9 Å². The maximum Gasteiger partial charge on any atom is 0.306 e. The third-order valence-corrected chi connectivity index (χ3v) is 5.57. The Bertz CT molecular complexity index is 1060. The van der Waals surface area contributed by atoms with Crippen LogP contribution in [0, 0.1) is 0 Å². The molecule has 0 fully saturated rings. The van der Waals surface area contributed by atoms with Gasteiger partial charge in [0.15, 0.2) is 0 Å². The van der Waals surface area contributed by atoms with E-state index in [1.165, 1.54) is 7.11 Å². The fourth-order valence-electron chi connectivity index (χ4n) is 3.69. The third kappa shape index (κ3) is 8.19. The van der Waals surface area contributed by atoms with Crippen molar-refractivity contribution in [1.82, 2.24) is 5.48 Å². The number of esters is 1. The molecule has 0 saturated heterocycles. The summed E-state index contributed by atoms with van der Waals surface area (Å²) in [6, 6.07) is 25.5. The molecule has 0 aliphatic carbocycles. The maximum atomic E-state index is 11.7. The second-order valence-corrected chi connectivity index (χ2v) is 8.09. The Balaban J connectivity index is 1.55. The Kier molecular flexibility index (Phi) is 10.2. The summed E-state index contributed by atoms with van der Waals surface area (Å²) in [4.78, 5) is 16.8. The Morgan fingerprint density at radius 2 is 1.60 bits per heavy atom. The fraction of sp³-hybridized carbons (Fsp3) is 0.276. The van der Waals surface area contributed by atoms with Crippen LogP contribution in [0.15, 0.2) is 85.1 Å². The van der Waals surface area contributed by atoms with E-state index in [-0.39, 0.29) is 11.9 Å². The molecule has 3 rings (SSSR count). The van der Waals surface area contributed by atoms with Crippen molar-refractivity contribution < 1.29 is 23.8 Å². The predicted octanol–water partition coefficient (Wildman–Crippen LogP) is 6.24. The maximum absolute atomic E-state index is 11.7. The van der Waals surface area contributed by atoms with E-state index in [0.717, 1.165) is 41.0 Å². The van der Waals surface area contributed by atoms with Gasteiger partial charge in [0.05, 0.1) is 20.6 Å². The fourth-order valence-corrected chi connectivity index (χ4v) is 3.69. The second kappa shape index (κ2) is 13.8. The smallest absolute Gasteiger partial charge is 0.306 e. The lowest BCUT2D eigenvalue weighted by atomic mass is 9.91. The van der Waals surface area contributed by atoms with Crippen LogP contribution in [0.5, 0.6) is 11.5 Å². The van der Waals surface area contributed by atoms with Crippen molar-refractivity contribution in [3.63, 3.8) is 0 Å². The minimum absolute atomic E-state index is 0.157. The standard InChI is InChI=1S/C29H33NO5/c1-4-8-25(19-29(31)32-2)23-13-17-27(18-14-23)34-20-22-11-15-26(16-12-22)35-21-28(30-33-3)24-9-6-5-7-10-24/h5-7,9-18,21,25,30H,4,8,19-20H2,1-3H3. The molecule has 0 aliphatic rings. The van der Waals surface area contributed by atoms with Gasteiger partial charge in [0.25, 0.3) is 0 Å². The average molecular weight is 476 g/mol. The number of benzene rings is 3. The Hall–Kier alpha value is -3.77. The van der Waals surface area contributed by atoms with Gasteiger partial charge in [-0.25, -0.2) is 0 Å². The van der Waals surface area contributed by atoms with Crippen LogP contribution >= 0.6 is 0 Å². The Morgan fingerprint density at radius 3 is 2.23 bits per heavy atom. The predicted molar refractivity (Wildman–Crippen MR) is 137 cm³/mol. The molecule has 0 spiro atoms. The summed E-state index contributed by atoms with van der Waals surface area (Å²) >= 11 is 0. The monoisotopic (exact) mass is 475 g/mol. The highest BCUT2D eigenvalue weighted by molar-refractivity contribution is 5.70. The lowest BCUT2D eigenvalue weighted by Crippen LogP contribution is -2.11. The molecule has 3 aromatic rings. The number of carbonyl (C=O) groups excluding carboxylic acids is 1. The van der Waals surface area contributed by atoms with E-state index in [0.29, 0.717) is 18.8 Å². The molecule has 0 aromatic heterocycles. The summed E-state index contributed by atoms with van der Waals surface area (Å²) in [7, 11) is 2.99. The average Bonchev–Trinajstić information content (AvgIpc) is 2.91. The zero-order valence-electron chi connectivity index (χ0n) is 20.5. The van der Waals surface area contributed by atoms with Gasteiger partial charge in [0.1, 0.15) is 30.1 Å². The van der Waals surface area contributed by atoms with Gasteiger partial charge in [-0.15, -0.1) is 0 Å². The van der Waals surface area contributed by atoms with Crippen molar-refractivity contribution in [2.75, 3.05) is 14.2 Å². The van der Waals surface area contributed by atoms with E-state index in [9.17, 15) is 4.79 Å². The van der Waals surface area contributed by atoms with Crippen LogP contribution < -0.4 is 15.0 Å². The molecule has 1 unspecified atom stereocenters. The van der Waals surface area contributed by atoms with E-state index in [2.05, 4.69) is 12.4 Å². The molecule has 184 valence electrons. The first-order valence-electron chi connectivity index (χ1n) is 11.7. The number of methoxy groups -OCH3 is 1. The summed E-state index contributed by atoms with van der Waals surface area (Å²) in [6.07, 6.45) is 3.96. The molecule has 0 bridgehead atoms. The molecule has 1 atom stereocenters. The first-order valence-corrected chi connectivity index (χ1v) is 11.7. The Morgan fingerprint density at radius 1 is 0.914 bits per heavy atom. The van der Waals surface area contributed by atoms with Crippen LogP contribution in [0.4, 0.5) is 0 Å². The number of hydroxylamine groups is 1. The van der Waals surface area contributed by atoms with E-state index in [1.54, 1.807) is 13.4 Å². The zero-order valence-corrected chi connectivity index (χ0v) is 20.5. The normalized spacial score (nSPS) is 12.0. The van der Waals surface area contributed by atoms with Crippen LogP contribution in [-0.4, -0.2) is 20.2 Å². The van der Waals surface area contributed by atoms with Gasteiger partial charge < -0.3 is 14.2 Å². The highest BCUT2D eigenvalue weighted by Gasteiger charge is 2.16. The number of hydrogen-bond acceptors (Lipinski definition) is 6. The largest absolute Gasteiger partial charge is 0.489 e. The van der Waals surface area contributed by atoms with Gasteiger partial charge >= 0.3 is 5.97 Å². The van der Waals surface area contributed by atoms with Crippen LogP contribution in [0.25, 0.3) is 5.70 Å². The summed E-state index contributed by atoms with van der Waals surface area (Å²) in [5.74, 6) is 1.46. The van der Waals surface area contributed by atoms with Crippen LogP contribution in [-0.2, 0) is 21.0 Å². The SMILES string of the molecule is CCCC(CC(=O)OC)c1ccc(OCc2ccc(OC=C(NOC)c3ccccc3)cc2)cc1. The highest BCUT2D eigenvalue weighted by atomic mass is 16.6. The number of ether oxygens (including phenoxy) is 3. The van der Waals surface area contributed by atoms with Crippen molar-refractivity contribution in [3.8, 4) is 11.5 Å².